The van der Waals surface area contributed by atoms with Gasteiger partial charge in [-0.15, -0.1) is 0 Å². The number of hydrogen-bond donors (Lipinski definition) is 1. The second kappa shape index (κ2) is 7.85. The predicted octanol–water partition coefficient (Wildman–Crippen LogP) is 4.04. The maximum Gasteiger partial charge on any atom is 0.164 e. The van der Waals surface area contributed by atoms with E-state index in [0.717, 1.165) is 25.6 Å². The Morgan fingerprint density at radius 3 is 2.86 bits per heavy atom. The molecule has 2 rings (SSSR count). The molecule has 0 spiro atoms. The fraction of sp³-hybridized carbons (Fsp3) is 0.647. The molecule has 118 valence electrons. The highest BCUT2D eigenvalue weighted by molar-refractivity contribution is 5.21. The summed E-state index contributed by atoms with van der Waals surface area (Å²) in [7, 11) is 0. The Kier molecular flexibility index (Phi) is 6.12. The van der Waals surface area contributed by atoms with Gasteiger partial charge in [0.1, 0.15) is 0 Å². The van der Waals surface area contributed by atoms with E-state index >= 15 is 0 Å². The third-order valence-electron chi connectivity index (χ3n) is 4.50. The van der Waals surface area contributed by atoms with Gasteiger partial charge >= 0.3 is 0 Å². The molecule has 0 saturated carbocycles. The molecule has 0 bridgehead atoms. The second-order valence-electron chi connectivity index (χ2n) is 5.89. The molecule has 1 fully saturated rings. The minimum Gasteiger partial charge on any atom is -0.388 e. The zero-order valence-corrected chi connectivity index (χ0v) is 12.7. The van der Waals surface area contributed by atoms with Crippen molar-refractivity contribution in [1.82, 2.24) is 4.90 Å². The first-order valence-corrected chi connectivity index (χ1v) is 7.99. The minimum absolute atomic E-state index is 0.0675. The van der Waals surface area contributed by atoms with Gasteiger partial charge in [0.05, 0.1) is 6.10 Å². The van der Waals surface area contributed by atoms with Crippen molar-refractivity contribution in [2.75, 3.05) is 13.1 Å². The summed E-state index contributed by atoms with van der Waals surface area (Å²) in [6.07, 6.45) is 5.49. The fourth-order valence-corrected chi connectivity index (χ4v) is 3.21. The van der Waals surface area contributed by atoms with Crippen LogP contribution in [0, 0.1) is 11.6 Å². The van der Waals surface area contributed by atoms with Crippen LogP contribution in [-0.4, -0.2) is 29.1 Å². The topological polar surface area (TPSA) is 23.5 Å². The average molecular weight is 297 g/mol. The molecule has 2 unspecified atom stereocenters. The summed E-state index contributed by atoms with van der Waals surface area (Å²) in [6.45, 7) is 3.96. The number of rotatable bonds is 5. The number of nitrogens with zero attached hydrogens (tertiary/aromatic N) is 1. The van der Waals surface area contributed by atoms with Crippen LogP contribution in [0.1, 0.15) is 57.1 Å². The third-order valence-corrected chi connectivity index (χ3v) is 4.50. The van der Waals surface area contributed by atoms with Crippen LogP contribution in [0.25, 0.3) is 0 Å². The van der Waals surface area contributed by atoms with Gasteiger partial charge in [-0.2, -0.15) is 0 Å². The zero-order chi connectivity index (χ0) is 15.2. The normalized spacial score (nSPS) is 22.0. The van der Waals surface area contributed by atoms with Gasteiger partial charge in [0, 0.05) is 18.2 Å². The molecule has 0 amide bonds. The largest absolute Gasteiger partial charge is 0.388 e. The molecule has 21 heavy (non-hydrogen) atoms. The van der Waals surface area contributed by atoms with Crippen molar-refractivity contribution >= 4 is 0 Å². The molecule has 1 N–H and O–H groups in total. The lowest BCUT2D eigenvalue weighted by atomic mass is 10.0. The van der Waals surface area contributed by atoms with E-state index in [1.165, 1.54) is 37.8 Å². The SMILES string of the molecule is CCC1CCCCCN1CCC(O)c1cccc(F)c1F. The van der Waals surface area contributed by atoms with E-state index < -0.39 is 17.7 Å². The summed E-state index contributed by atoms with van der Waals surface area (Å²) in [5, 5.41) is 10.2. The smallest absolute Gasteiger partial charge is 0.164 e. The molecule has 1 aliphatic heterocycles. The maximum absolute atomic E-state index is 13.7. The molecular formula is C17H25F2NO. The summed E-state index contributed by atoms with van der Waals surface area (Å²) in [5.74, 6) is -1.82. The van der Waals surface area contributed by atoms with Crippen molar-refractivity contribution in [3.63, 3.8) is 0 Å². The van der Waals surface area contributed by atoms with Gasteiger partial charge < -0.3 is 10.0 Å². The number of hydrogen-bond acceptors (Lipinski definition) is 2. The monoisotopic (exact) mass is 297 g/mol. The number of halogens is 2. The lowest BCUT2D eigenvalue weighted by molar-refractivity contribution is 0.119. The number of benzene rings is 1. The first-order valence-electron chi connectivity index (χ1n) is 7.99. The molecular weight excluding hydrogens is 272 g/mol. The van der Waals surface area contributed by atoms with Crippen molar-refractivity contribution in [3.05, 3.63) is 35.4 Å². The lowest BCUT2D eigenvalue weighted by Gasteiger charge is -2.30. The van der Waals surface area contributed by atoms with E-state index in [1.807, 2.05) is 0 Å². The van der Waals surface area contributed by atoms with E-state index in [-0.39, 0.29) is 5.56 Å². The van der Waals surface area contributed by atoms with Crippen LogP contribution in [0.3, 0.4) is 0 Å². The van der Waals surface area contributed by atoms with Crippen molar-refractivity contribution < 1.29 is 13.9 Å². The Hall–Kier alpha value is -1.00. The molecule has 2 atom stereocenters. The number of likely N-dealkylation sites (tertiary alicyclic amines) is 1. The van der Waals surface area contributed by atoms with Crippen LogP contribution in [0.15, 0.2) is 18.2 Å². The Bertz CT molecular complexity index is 452. The number of aliphatic hydroxyl groups is 1. The predicted molar refractivity (Wildman–Crippen MR) is 80.1 cm³/mol. The highest BCUT2D eigenvalue weighted by Gasteiger charge is 2.21. The van der Waals surface area contributed by atoms with Gasteiger partial charge in [0.15, 0.2) is 11.6 Å². The molecule has 1 heterocycles. The fourth-order valence-electron chi connectivity index (χ4n) is 3.21. The van der Waals surface area contributed by atoms with Crippen LogP contribution >= 0.6 is 0 Å². The van der Waals surface area contributed by atoms with E-state index in [0.29, 0.717) is 12.5 Å². The molecule has 0 radical (unpaired) electrons. The number of aliphatic hydroxyl groups excluding tert-OH is 1. The Morgan fingerprint density at radius 2 is 2.10 bits per heavy atom. The van der Waals surface area contributed by atoms with Crippen molar-refractivity contribution in [2.45, 2.75) is 57.6 Å². The van der Waals surface area contributed by atoms with Crippen molar-refractivity contribution in [2.24, 2.45) is 0 Å². The van der Waals surface area contributed by atoms with E-state index in [2.05, 4.69) is 11.8 Å². The molecule has 4 heteroatoms. The van der Waals surface area contributed by atoms with Crippen LogP contribution in [0.4, 0.5) is 8.78 Å². The van der Waals surface area contributed by atoms with Crippen molar-refractivity contribution in [1.29, 1.82) is 0 Å². The molecule has 1 saturated heterocycles. The molecule has 1 aliphatic rings. The van der Waals surface area contributed by atoms with Crippen LogP contribution < -0.4 is 0 Å². The average Bonchev–Trinajstić information content (AvgIpc) is 2.72. The highest BCUT2D eigenvalue weighted by atomic mass is 19.2. The van der Waals surface area contributed by atoms with Crippen LogP contribution in [0.5, 0.6) is 0 Å². The van der Waals surface area contributed by atoms with Gasteiger partial charge in [-0.25, -0.2) is 8.78 Å². The van der Waals surface area contributed by atoms with Gasteiger partial charge in [-0.3, -0.25) is 0 Å². The molecule has 1 aromatic carbocycles. The Morgan fingerprint density at radius 1 is 1.29 bits per heavy atom. The highest BCUT2D eigenvalue weighted by Crippen LogP contribution is 2.24. The molecule has 2 nitrogen and oxygen atoms in total. The quantitative estimate of drug-likeness (QED) is 0.886. The minimum atomic E-state index is -0.943. The second-order valence-corrected chi connectivity index (χ2v) is 5.89. The third kappa shape index (κ3) is 4.24. The lowest BCUT2D eigenvalue weighted by Crippen LogP contribution is -2.35. The summed E-state index contributed by atoms with van der Waals surface area (Å²) in [5.41, 5.74) is 0.0675. The first kappa shape index (κ1) is 16.4. The van der Waals surface area contributed by atoms with Crippen LogP contribution in [0.2, 0.25) is 0 Å². The van der Waals surface area contributed by atoms with Gasteiger partial charge in [0.25, 0.3) is 0 Å². The maximum atomic E-state index is 13.7. The summed E-state index contributed by atoms with van der Waals surface area (Å²) < 4.78 is 26.9. The molecule has 0 aromatic heterocycles. The molecule has 1 aromatic rings. The molecule has 0 aliphatic carbocycles. The Balaban J connectivity index is 1.96. The van der Waals surface area contributed by atoms with Gasteiger partial charge in [0.2, 0.25) is 0 Å². The van der Waals surface area contributed by atoms with E-state index in [4.69, 9.17) is 0 Å². The van der Waals surface area contributed by atoms with Gasteiger partial charge in [-0.05, 0) is 38.3 Å². The van der Waals surface area contributed by atoms with E-state index in [9.17, 15) is 13.9 Å². The first-order chi connectivity index (χ1) is 10.1. The Labute approximate surface area is 125 Å². The standard InChI is InChI=1S/C17H25F2NO/c1-2-13-7-4-3-5-11-20(13)12-10-16(21)14-8-6-9-15(18)17(14)19/h6,8-9,13,16,21H,2-5,7,10-12H2,1H3. The summed E-state index contributed by atoms with van der Waals surface area (Å²) in [6, 6.07) is 4.53. The van der Waals surface area contributed by atoms with E-state index in [1.54, 1.807) is 0 Å². The summed E-state index contributed by atoms with van der Waals surface area (Å²) in [4.78, 5) is 2.40. The zero-order valence-electron chi connectivity index (χ0n) is 12.7. The van der Waals surface area contributed by atoms with Crippen LogP contribution in [-0.2, 0) is 0 Å². The van der Waals surface area contributed by atoms with Crippen molar-refractivity contribution in [3.8, 4) is 0 Å². The van der Waals surface area contributed by atoms with Gasteiger partial charge in [-0.1, -0.05) is 31.9 Å². The summed E-state index contributed by atoms with van der Waals surface area (Å²) >= 11 is 0.